The van der Waals surface area contributed by atoms with Gasteiger partial charge < -0.3 is 10.3 Å². The van der Waals surface area contributed by atoms with Gasteiger partial charge in [0.05, 0.1) is 11.4 Å². The second-order valence-corrected chi connectivity index (χ2v) is 4.66. The summed E-state index contributed by atoms with van der Waals surface area (Å²) < 4.78 is 5.13. The van der Waals surface area contributed by atoms with Gasteiger partial charge in [-0.1, -0.05) is 25.9 Å². The van der Waals surface area contributed by atoms with Crippen LogP contribution >= 0.6 is 0 Å². The van der Waals surface area contributed by atoms with Gasteiger partial charge in [0.1, 0.15) is 5.69 Å². The zero-order valence-electron chi connectivity index (χ0n) is 11.2. The molecular weight excluding hydrogens is 228 g/mol. The van der Waals surface area contributed by atoms with E-state index in [2.05, 4.69) is 29.2 Å². The molecule has 2 N–H and O–H groups in total. The lowest BCUT2D eigenvalue weighted by atomic mass is 9.97. The van der Waals surface area contributed by atoms with Crippen molar-refractivity contribution >= 4 is 5.88 Å². The molecular formula is C13H18N4O. The van der Waals surface area contributed by atoms with Gasteiger partial charge in [0, 0.05) is 11.1 Å². The minimum absolute atomic E-state index is 0.254. The molecule has 0 fully saturated rings. The van der Waals surface area contributed by atoms with E-state index < -0.39 is 0 Å². The number of aryl methyl sites for hydroxylation is 2. The maximum atomic E-state index is 5.84. The predicted octanol–water partition coefficient (Wildman–Crippen LogP) is 2.71. The Morgan fingerprint density at radius 2 is 2.06 bits per heavy atom. The standard InChI is InChI=1S/C13H18N4O/c1-5-10-9(6-8(4)15-16-10)12-11(7(2)3)13(14)18-17-12/h6-7H,5,14H2,1-4H3. The van der Waals surface area contributed by atoms with E-state index in [1.165, 1.54) is 0 Å². The molecule has 0 bridgehead atoms. The quantitative estimate of drug-likeness (QED) is 0.900. The Bertz CT molecular complexity index is 560. The number of rotatable bonds is 3. The van der Waals surface area contributed by atoms with E-state index in [0.29, 0.717) is 5.88 Å². The predicted molar refractivity (Wildman–Crippen MR) is 70.1 cm³/mol. The average Bonchev–Trinajstić information content (AvgIpc) is 2.71. The van der Waals surface area contributed by atoms with Crippen LogP contribution in [-0.2, 0) is 6.42 Å². The van der Waals surface area contributed by atoms with Crippen LogP contribution in [0.15, 0.2) is 10.6 Å². The lowest BCUT2D eigenvalue weighted by molar-refractivity contribution is 0.438. The van der Waals surface area contributed by atoms with Gasteiger partial charge in [0.15, 0.2) is 0 Å². The lowest BCUT2D eigenvalue weighted by Gasteiger charge is -2.08. The number of hydrogen-bond donors (Lipinski definition) is 1. The van der Waals surface area contributed by atoms with E-state index in [1.54, 1.807) is 0 Å². The molecule has 5 nitrogen and oxygen atoms in total. The van der Waals surface area contributed by atoms with E-state index in [9.17, 15) is 0 Å². The highest BCUT2D eigenvalue weighted by Gasteiger charge is 2.21. The van der Waals surface area contributed by atoms with Crippen molar-refractivity contribution in [3.8, 4) is 11.3 Å². The molecule has 0 saturated heterocycles. The fourth-order valence-corrected chi connectivity index (χ4v) is 2.04. The molecule has 0 unspecified atom stereocenters. The molecule has 0 spiro atoms. The summed E-state index contributed by atoms with van der Waals surface area (Å²) in [5, 5.41) is 12.4. The van der Waals surface area contributed by atoms with Gasteiger partial charge in [0.25, 0.3) is 0 Å². The van der Waals surface area contributed by atoms with E-state index in [1.807, 2.05) is 19.9 Å². The molecule has 5 heteroatoms. The van der Waals surface area contributed by atoms with Crippen molar-refractivity contribution in [3.05, 3.63) is 23.0 Å². The fraction of sp³-hybridized carbons (Fsp3) is 0.462. The minimum atomic E-state index is 0.254. The Balaban J connectivity index is 2.65. The number of hydrogen-bond acceptors (Lipinski definition) is 5. The number of nitrogens with two attached hydrogens (primary N) is 1. The summed E-state index contributed by atoms with van der Waals surface area (Å²) >= 11 is 0. The minimum Gasteiger partial charge on any atom is -0.367 e. The zero-order chi connectivity index (χ0) is 13.3. The van der Waals surface area contributed by atoms with Crippen LogP contribution in [0.25, 0.3) is 11.3 Å². The van der Waals surface area contributed by atoms with E-state index >= 15 is 0 Å². The molecule has 18 heavy (non-hydrogen) atoms. The van der Waals surface area contributed by atoms with E-state index in [0.717, 1.165) is 34.6 Å². The van der Waals surface area contributed by atoms with Gasteiger partial charge in [-0.2, -0.15) is 10.2 Å². The Morgan fingerprint density at radius 1 is 1.33 bits per heavy atom. The van der Waals surface area contributed by atoms with Crippen LogP contribution < -0.4 is 5.73 Å². The van der Waals surface area contributed by atoms with Crippen molar-refractivity contribution in [2.75, 3.05) is 5.73 Å². The molecule has 96 valence electrons. The second kappa shape index (κ2) is 4.76. The number of nitrogens with zero attached hydrogens (tertiary/aromatic N) is 3. The summed E-state index contributed by atoms with van der Waals surface area (Å²) in [6, 6.07) is 1.98. The van der Waals surface area contributed by atoms with Crippen molar-refractivity contribution in [2.45, 2.75) is 40.0 Å². The smallest absolute Gasteiger partial charge is 0.226 e. The Labute approximate surface area is 106 Å². The van der Waals surface area contributed by atoms with Gasteiger partial charge >= 0.3 is 0 Å². The van der Waals surface area contributed by atoms with Crippen molar-refractivity contribution < 1.29 is 4.52 Å². The van der Waals surface area contributed by atoms with Crippen LogP contribution in [0.3, 0.4) is 0 Å². The van der Waals surface area contributed by atoms with Crippen LogP contribution in [0.5, 0.6) is 0 Å². The number of nitrogen functional groups attached to an aromatic ring is 1. The SMILES string of the molecule is CCc1nnc(C)cc1-c1noc(N)c1C(C)C. The van der Waals surface area contributed by atoms with Gasteiger partial charge in [0.2, 0.25) is 5.88 Å². The van der Waals surface area contributed by atoms with Crippen LogP contribution in [0.2, 0.25) is 0 Å². The maximum Gasteiger partial charge on any atom is 0.226 e. The summed E-state index contributed by atoms with van der Waals surface area (Å²) in [6.07, 6.45) is 0.799. The summed E-state index contributed by atoms with van der Waals surface area (Å²) in [4.78, 5) is 0. The van der Waals surface area contributed by atoms with E-state index in [4.69, 9.17) is 10.3 Å². The third-order valence-corrected chi connectivity index (χ3v) is 2.92. The van der Waals surface area contributed by atoms with Crippen molar-refractivity contribution in [1.82, 2.24) is 15.4 Å². The molecule has 0 atom stereocenters. The molecule has 2 rings (SSSR count). The van der Waals surface area contributed by atoms with E-state index in [-0.39, 0.29) is 5.92 Å². The molecule has 0 aromatic carbocycles. The molecule has 0 aliphatic heterocycles. The molecule has 0 saturated carbocycles. The molecule has 2 heterocycles. The first-order valence-corrected chi connectivity index (χ1v) is 6.13. The zero-order valence-corrected chi connectivity index (χ0v) is 11.2. The van der Waals surface area contributed by atoms with Crippen LogP contribution in [0.1, 0.15) is 43.6 Å². The first-order chi connectivity index (χ1) is 8.54. The third-order valence-electron chi connectivity index (χ3n) is 2.92. The molecule has 0 radical (unpaired) electrons. The summed E-state index contributed by atoms with van der Waals surface area (Å²) in [7, 11) is 0. The summed E-state index contributed by atoms with van der Waals surface area (Å²) in [5.74, 6) is 0.640. The highest BCUT2D eigenvalue weighted by atomic mass is 16.5. The normalized spacial score (nSPS) is 11.2. The summed E-state index contributed by atoms with van der Waals surface area (Å²) in [5.41, 5.74) is 10.3. The second-order valence-electron chi connectivity index (χ2n) is 4.66. The number of aromatic nitrogens is 3. The van der Waals surface area contributed by atoms with Crippen molar-refractivity contribution in [3.63, 3.8) is 0 Å². The average molecular weight is 246 g/mol. The van der Waals surface area contributed by atoms with Gasteiger partial charge in [-0.25, -0.2) is 0 Å². The first-order valence-electron chi connectivity index (χ1n) is 6.13. The van der Waals surface area contributed by atoms with Crippen molar-refractivity contribution in [2.24, 2.45) is 0 Å². The van der Waals surface area contributed by atoms with Crippen LogP contribution in [0.4, 0.5) is 5.88 Å². The lowest BCUT2D eigenvalue weighted by Crippen LogP contribution is -2.01. The van der Waals surface area contributed by atoms with Gasteiger partial charge in [-0.3, -0.25) is 0 Å². The molecule has 0 aliphatic rings. The van der Waals surface area contributed by atoms with Crippen molar-refractivity contribution in [1.29, 1.82) is 0 Å². The summed E-state index contributed by atoms with van der Waals surface area (Å²) in [6.45, 7) is 8.09. The Kier molecular flexibility index (Phi) is 3.32. The third kappa shape index (κ3) is 2.08. The largest absolute Gasteiger partial charge is 0.367 e. The maximum absolute atomic E-state index is 5.84. The topological polar surface area (TPSA) is 77.8 Å². The van der Waals surface area contributed by atoms with Gasteiger partial charge in [-0.05, 0) is 25.3 Å². The molecule has 0 aliphatic carbocycles. The highest BCUT2D eigenvalue weighted by molar-refractivity contribution is 5.69. The number of anilines is 1. The molecule has 0 amide bonds. The van der Waals surface area contributed by atoms with Gasteiger partial charge in [-0.15, -0.1) is 0 Å². The Morgan fingerprint density at radius 3 is 2.67 bits per heavy atom. The fourth-order valence-electron chi connectivity index (χ4n) is 2.04. The van der Waals surface area contributed by atoms with Crippen LogP contribution in [0, 0.1) is 6.92 Å². The first kappa shape index (κ1) is 12.5. The molecule has 2 aromatic rings. The Hall–Kier alpha value is -1.91. The van der Waals surface area contributed by atoms with Crippen LogP contribution in [-0.4, -0.2) is 15.4 Å². The highest BCUT2D eigenvalue weighted by Crippen LogP contribution is 2.34. The molecule has 2 aromatic heterocycles. The monoisotopic (exact) mass is 246 g/mol.